The van der Waals surface area contributed by atoms with Crippen LogP contribution in [0.4, 0.5) is 0 Å². The van der Waals surface area contributed by atoms with E-state index in [1.54, 1.807) is 12.1 Å². The quantitative estimate of drug-likeness (QED) is 0.809. The molecule has 0 spiro atoms. The van der Waals surface area contributed by atoms with Gasteiger partial charge in [-0.2, -0.15) is 0 Å². The summed E-state index contributed by atoms with van der Waals surface area (Å²) in [6.07, 6.45) is 1.44. The van der Waals surface area contributed by atoms with Crippen LogP contribution in [0.1, 0.15) is 36.9 Å². The van der Waals surface area contributed by atoms with Crippen molar-refractivity contribution in [3.8, 4) is 0 Å². The van der Waals surface area contributed by atoms with Gasteiger partial charge < -0.3 is 4.42 Å². The summed E-state index contributed by atoms with van der Waals surface area (Å²) in [6, 6.07) is 10.8. The zero-order valence-corrected chi connectivity index (χ0v) is 12.7. The monoisotopic (exact) mass is 290 g/mol. The average molecular weight is 290 g/mol. The van der Waals surface area contributed by atoms with Gasteiger partial charge in [0.05, 0.1) is 22.8 Å². The van der Waals surface area contributed by atoms with E-state index in [0.29, 0.717) is 4.90 Å². The number of benzene rings is 1. The van der Waals surface area contributed by atoms with Crippen LogP contribution in [0.25, 0.3) is 0 Å². The summed E-state index contributed by atoms with van der Waals surface area (Å²) in [7, 11) is -1.34. The normalized spacial score (nSPS) is 13.2. The lowest BCUT2D eigenvalue weighted by Crippen LogP contribution is -2.12. The predicted octanol–water partition coefficient (Wildman–Crippen LogP) is 3.57. The summed E-state index contributed by atoms with van der Waals surface area (Å²) in [5.41, 5.74) is 1.24. The molecule has 1 aromatic carbocycles. The van der Waals surface area contributed by atoms with Crippen LogP contribution in [0, 0.1) is 0 Å². The molecule has 0 fully saturated rings. The second-order valence-corrected chi connectivity index (χ2v) is 7.12. The lowest BCUT2D eigenvalue weighted by Gasteiger charge is -2.18. The highest BCUT2D eigenvalue weighted by molar-refractivity contribution is 7.85. The van der Waals surface area contributed by atoms with E-state index in [-0.39, 0.29) is 22.7 Å². The first-order valence-corrected chi connectivity index (χ1v) is 7.75. The highest BCUT2D eigenvalue weighted by Crippen LogP contribution is 2.23. The van der Waals surface area contributed by atoms with Crippen molar-refractivity contribution in [3.63, 3.8) is 0 Å². The van der Waals surface area contributed by atoms with E-state index in [9.17, 15) is 9.00 Å². The molecule has 1 heterocycles. The third-order valence-electron chi connectivity index (χ3n) is 3.04. The molecule has 20 heavy (non-hydrogen) atoms. The third-order valence-corrected chi connectivity index (χ3v) is 4.36. The maximum absolute atomic E-state index is 12.2. The highest BCUT2D eigenvalue weighted by Gasteiger charge is 2.16. The third kappa shape index (κ3) is 3.45. The summed E-state index contributed by atoms with van der Waals surface area (Å²) < 4.78 is 17.2. The Balaban J connectivity index is 2.08. The molecule has 1 atom stereocenters. The molecule has 0 bridgehead atoms. The zero-order valence-electron chi connectivity index (χ0n) is 11.9. The Labute approximate surface area is 121 Å². The Morgan fingerprint density at radius 1 is 1.15 bits per heavy atom. The topological polar surface area (TPSA) is 47.3 Å². The molecule has 0 saturated carbocycles. The molecule has 1 unspecified atom stereocenters. The minimum Gasteiger partial charge on any atom is -0.461 e. The fourth-order valence-corrected chi connectivity index (χ4v) is 2.80. The number of hydrogen-bond acceptors (Lipinski definition) is 3. The number of carbonyl (C=O) groups excluding carboxylic acids is 1. The van der Waals surface area contributed by atoms with Gasteiger partial charge >= 0.3 is 0 Å². The Hall–Kier alpha value is -1.68. The number of rotatable bonds is 4. The second kappa shape index (κ2) is 5.75. The van der Waals surface area contributed by atoms with Crippen molar-refractivity contribution in [3.05, 3.63) is 54.0 Å². The second-order valence-electron chi connectivity index (χ2n) is 5.66. The van der Waals surface area contributed by atoms with Gasteiger partial charge in [0.1, 0.15) is 0 Å². The fraction of sp³-hybridized carbons (Fsp3) is 0.312. The molecular weight excluding hydrogens is 272 g/mol. The van der Waals surface area contributed by atoms with Gasteiger partial charge in [0, 0.05) is 4.90 Å². The van der Waals surface area contributed by atoms with Crippen LogP contribution in [0.3, 0.4) is 0 Å². The molecule has 0 N–H and O–H groups in total. The van der Waals surface area contributed by atoms with Crippen LogP contribution in [0.15, 0.2) is 52.0 Å². The molecule has 0 amide bonds. The minimum atomic E-state index is -1.34. The van der Waals surface area contributed by atoms with Crippen LogP contribution in [-0.4, -0.2) is 15.7 Å². The van der Waals surface area contributed by atoms with Crippen molar-refractivity contribution in [2.24, 2.45) is 0 Å². The lowest BCUT2D eigenvalue weighted by atomic mass is 9.87. The molecule has 1 aromatic heterocycles. The Kier molecular flexibility index (Phi) is 4.23. The largest absolute Gasteiger partial charge is 0.461 e. The number of carbonyl (C=O) groups is 1. The molecule has 0 radical (unpaired) electrons. The molecule has 0 saturated heterocycles. The first-order chi connectivity index (χ1) is 9.38. The lowest BCUT2D eigenvalue weighted by molar-refractivity contribution is 0.0991. The number of Topliss-reactive ketones (excluding diaryl/α,β-unsaturated/α-hetero) is 1. The van der Waals surface area contributed by atoms with Crippen LogP contribution in [0.5, 0.6) is 0 Å². The van der Waals surface area contributed by atoms with Gasteiger partial charge in [-0.1, -0.05) is 32.9 Å². The van der Waals surface area contributed by atoms with Gasteiger partial charge in [-0.15, -0.1) is 0 Å². The maximum Gasteiger partial charge on any atom is 0.210 e. The van der Waals surface area contributed by atoms with Crippen molar-refractivity contribution in [1.82, 2.24) is 0 Å². The number of hydrogen-bond donors (Lipinski definition) is 0. The van der Waals surface area contributed by atoms with Gasteiger partial charge in [-0.05, 0) is 35.2 Å². The Morgan fingerprint density at radius 3 is 2.30 bits per heavy atom. The van der Waals surface area contributed by atoms with Crippen LogP contribution in [-0.2, 0) is 16.2 Å². The van der Waals surface area contributed by atoms with E-state index in [2.05, 4.69) is 20.8 Å². The van der Waals surface area contributed by atoms with Gasteiger partial charge in [0.2, 0.25) is 5.78 Å². The summed E-state index contributed by atoms with van der Waals surface area (Å²) >= 11 is 0. The van der Waals surface area contributed by atoms with E-state index < -0.39 is 10.8 Å². The summed E-state index contributed by atoms with van der Waals surface area (Å²) in [6.45, 7) is 6.37. The standard InChI is InChI=1S/C16H18O3S/c1-16(2,3)12-6-8-13(9-7-12)20(18)11-14(17)15-5-4-10-19-15/h4-10H,11H2,1-3H3. The SMILES string of the molecule is CC(C)(C)c1ccc(S(=O)CC(=O)c2ccco2)cc1. The van der Waals surface area contributed by atoms with Gasteiger partial charge in [-0.3, -0.25) is 9.00 Å². The predicted molar refractivity (Wildman–Crippen MR) is 79.5 cm³/mol. The number of furan rings is 1. The molecule has 0 aliphatic rings. The van der Waals surface area contributed by atoms with E-state index in [0.717, 1.165) is 0 Å². The molecule has 0 aliphatic carbocycles. The molecule has 3 nitrogen and oxygen atoms in total. The van der Waals surface area contributed by atoms with Crippen molar-refractivity contribution in [1.29, 1.82) is 0 Å². The van der Waals surface area contributed by atoms with Crippen molar-refractivity contribution in [2.45, 2.75) is 31.1 Å². The van der Waals surface area contributed by atoms with Crippen molar-refractivity contribution in [2.75, 3.05) is 5.75 Å². The van der Waals surface area contributed by atoms with Crippen LogP contribution < -0.4 is 0 Å². The van der Waals surface area contributed by atoms with E-state index in [1.165, 1.54) is 11.8 Å². The maximum atomic E-state index is 12.2. The minimum absolute atomic E-state index is 0.0532. The zero-order chi connectivity index (χ0) is 14.8. The summed E-state index contributed by atoms with van der Waals surface area (Å²) in [4.78, 5) is 12.5. The van der Waals surface area contributed by atoms with Crippen molar-refractivity contribution < 1.29 is 13.4 Å². The summed E-state index contributed by atoms with van der Waals surface area (Å²) in [5, 5.41) is 0. The van der Waals surface area contributed by atoms with Crippen LogP contribution in [0.2, 0.25) is 0 Å². The molecule has 4 heteroatoms. The first kappa shape index (κ1) is 14.7. The van der Waals surface area contributed by atoms with Gasteiger partial charge in [0.25, 0.3) is 0 Å². The van der Waals surface area contributed by atoms with E-state index in [1.807, 2.05) is 24.3 Å². The number of ketones is 1. The van der Waals surface area contributed by atoms with Crippen molar-refractivity contribution >= 4 is 16.6 Å². The Morgan fingerprint density at radius 2 is 1.80 bits per heavy atom. The fourth-order valence-electron chi connectivity index (χ4n) is 1.82. The Bertz CT molecular complexity index is 604. The smallest absolute Gasteiger partial charge is 0.210 e. The average Bonchev–Trinajstić information content (AvgIpc) is 2.91. The van der Waals surface area contributed by atoms with E-state index in [4.69, 9.17) is 4.42 Å². The van der Waals surface area contributed by atoms with Gasteiger partial charge in [0.15, 0.2) is 5.76 Å². The summed E-state index contributed by atoms with van der Waals surface area (Å²) in [5.74, 6) is -0.0413. The van der Waals surface area contributed by atoms with E-state index >= 15 is 0 Å². The molecule has 0 aliphatic heterocycles. The molecule has 106 valence electrons. The molecule has 2 rings (SSSR count). The van der Waals surface area contributed by atoms with Crippen LogP contribution >= 0.6 is 0 Å². The molecular formula is C16H18O3S. The van der Waals surface area contributed by atoms with Gasteiger partial charge in [-0.25, -0.2) is 0 Å². The highest BCUT2D eigenvalue weighted by atomic mass is 32.2. The molecule has 2 aromatic rings. The first-order valence-electron chi connectivity index (χ1n) is 6.43.